The summed E-state index contributed by atoms with van der Waals surface area (Å²) in [5.74, 6) is 0. The molecule has 0 aromatic heterocycles. The molecule has 0 radical (unpaired) electrons. The second kappa shape index (κ2) is 4.41. The van der Waals surface area contributed by atoms with Crippen molar-refractivity contribution in [2.45, 2.75) is 44.5 Å². The second-order valence-electron chi connectivity index (χ2n) is 5.92. The number of hydrogen-bond acceptors (Lipinski definition) is 3. The fourth-order valence-electron chi connectivity index (χ4n) is 2.64. The van der Waals surface area contributed by atoms with Crippen LogP contribution >= 0.6 is 0 Å². The minimum Gasteiger partial charge on any atom is -0.399 e. The lowest BCUT2D eigenvalue weighted by molar-refractivity contribution is 0.0984. The summed E-state index contributed by atoms with van der Waals surface area (Å²) in [6, 6.07) is 8.23. The van der Waals surface area contributed by atoms with Crippen LogP contribution in [0.1, 0.15) is 24.0 Å². The minimum atomic E-state index is -1.77. The largest absolute Gasteiger partial charge is 0.399 e. The number of nitriles is 1. The fourth-order valence-corrected chi connectivity index (χ4v) is 3.95. The Labute approximate surface area is 110 Å². The molecule has 2 N–H and O–H groups in total. The molecule has 1 aromatic carbocycles. The van der Waals surface area contributed by atoms with E-state index in [9.17, 15) is 5.26 Å². The van der Waals surface area contributed by atoms with E-state index in [1.807, 2.05) is 18.2 Å². The van der Waals surface area contributed by atoms with E-state index < -0.39 is 13.9 Å². The molecule has 4 heteroatoms. The lowest BCUT2D eigenvalue weighted by Crippen LogP contribution is -2.42. The van der Waals surface area contributed by atoms with Crippen molar-refractivity contribution in [1.82, 2.24) is 0 Å². The number of anilines is 1. The summed E-state index contributed by atoms with van der Waals surface area (Å²) in [7, 11) is -1.77. The van der Waals surface area contributed by atoms with Crippen LogP contribution in [0.5, 0.6) is 0 Å². The zero-order chi connectivity index (χ0) is 13.4. The quantitative estimate of drug-likeness (QED) is 0.656. The maximum Gasteiger partial charge on any atom is 0.186 e. The van der Waals surface area contributed by atoms with Gasteiger partial charge in [-0.05, 0) is 56.6 Å². The lowest BCUT2D eigenvalue weighted by Gasteiger charge is -2.38. The smallest absolute Gasteiger partial charge is 0.186 e. The van der Waals surface area contributed by atoms with Crippen molar-refractivity contribution >= 4 is 14.0 Å². The van der Waals surface area contributed by atoms with E-state index >= 15 is 0 Å². The second-order valence-corrected chi connectivity index (χ2v) is 10.4. The molecule has 1 aliphatic rings. The Bertz CT molecular complexity index is 501. The third-order valence-electron chi connectivity index (χ3n) is 3.20. The molecule has 3 nitrogen and oxygen atoms in total. The van der Waals surface area contributed by atoms with Crippen LogP contribution in [0.15, 0.2) is 18.2 Å². The average molecular weight is 260 g/mol. The van der Waals surface area contributed by atoms with Gasteiger partial charge in [-0.2, -0.15) is 5.26 Å². The summed E-state index contributed by atoms with van der Waals surface area (Å²) >= 11 is 0. The Morgan fingerprint density at radius 1 is 1.39 bits per heavy atom. The molecule has 0 bridgehead atoms. The average Bonchev–Trinajstić information content (AvgIpc) is 2.26. The van der Waals surface area contributed by atoms with Crippen molar-refractivity contribution in [2.24, 2.45) is 0 Å². The van der Waals surface area contributed by atoms with Crippen molar-refractivity contribution in [3.8, 4) is 6.07 Å². The molecule has 0 spiro atoms. The number of nitrogens with zero attached hydrogens (tertiary/aromatic N) is 1. The highest BCUT2D eigenvalue weighted by atomic mass is 28.4. The van der Waals surface area contributed by atoms with Crippen LogP contribution in [-0.2, 0) is 16.4 Å². The highest BCUT2D eigenvalue weighted by Crippen LogP contribution is 2.40. The van der Waals surface area contributed by atoms with Gasteiger partial charge in [0.1, 0.15) is 6.07 Å². The Morgan fingerprint density at radius 2 is 2.11 bits per heavy atom. The molecule has 2 rings (SSSR count). The van der Waals surface area contributed by atoms with E-state index in [1.54, 1.807) is 0 Å². The van der Waals surface area contributed by atoms with Crippen molar-refractivity contribution in [3.05, 3.63) is 29.3 Å². The summed E-state index contributed by atoms with van der Waals surface area (Å²) in [6.07, 6.45) is 2.75. The van der Waals surface area contributed by atoms with E-state index in [0.717, 1.165) is 30.5 Å². The van der Waals surface area contributed by atoms with Gasteiger partial charge in [0, 0.05) is 11.3 Å². The Morgan fingerprint density at radius 3 is 2.72 bits per heavy atom. The third-order valence-corrected chi connectivity index (χ3v) is 4.16. The van der Waals surface area contributed by atoms with Gasteiger partial charge in [-0.3, -0.25) is 0 Å². The molecule has 1 atom stereocenters. The summed E-state index contributed by atoms with van der Waals surface area (Å²) < 4.78 is 6.22. The van der Waals surface area contributed by atoms with Crippen LogP contribution in [0.3, 0.4) is 0 Å². The zero-order valence-corrected chi connectivity index (χ0v) is 12.3. The van der Waals surface area contributed by atoms with Gasteiger partial charge in [-0.1, -0.05) is 6.07 Å². The first-order valence-corrected chi connectivity index (χ1v) is 9.77. The first-order valence-electron chi connectivity index (χ1n) is 6.37. The minimum absolute atomic E-state index is 0.758. The molecule has 0 aliphatic heterocycles. The molecule has 0 saturated heterocycles. The highest BCUT2D eigenvalue weighted by Gasteiger charge is 2.41. The van der Waals surface area contributed by atoms with Gasteiger partial charge < -0.3 is 10.2 Å². The van der Waals surface area contributed by atoms with Gasteiger partial charge in [0.05, 0.1) is 0 Å². The van der Waals surface area contributed by atoms with E-state index in [2.05, 4.69) is 25.7 Å². The predicted octanol–water partition coefficient (Wildman–Crippen LogP) is 3.18. The summed E-state index contributed by atoms with van der Waals surface area (Å²) in [5, 5.41) is 9.64. The molecule has 0 amide bonds. The fraction of sp³-hybridized carbons (Fsp3) is 0.500. The number of rotatable bonds is 2. The van der Waals surface area contributed by atoms with Gasteiger partial charge in [0.2, 0.25) is 0 Å². The van der Waals surface area contributed by atoms with E-state index in [0.29, 0.717) is 0 Å². The molecule has 0 saturated carbocycles. The maximum atomic E-state index is 9.64. The van der Waals surface area contributed by atoms with Gasteiger partial charge in [0.15, 0.2) is 13.9 Å². The van der Waals surface area contributed by atoms with Gasteiger partial charge in [-0.15, -0.1) is 0 Å². The number of nitrogens with two attached hydrogens (primary N) is 1. The normalized spacial score (nSPS) is 23.2. The van der Waals surface area contributed by atoms with Crippen molar-refractivity contribution in [1.29, 1.82) is 5.26 Å². The third kappa shape index (κ3) is 2.42. The van der Waals surface area contributed by atoms with Crippen molar-refractivity contribution in [2.75, 3.05) is 5.73 Å². The summed E-state index contributed by atoms with van der Waals surface area (Å²) in [5.41, 5.74) is 8.01. The lowest BCUT2D eigenvalue weighted by atomic mass is 9.80. The number of nitrogen functional groups attached to an aromatic ring is 1. The molecule has 1 aromatic rings. The topological polar surface area (TPSA) is 59.0 Å². The van der Waals surface area contributed by atoms with Crippen LogP contribution in [0.2, 0.25) is 19.6 Å². The molecule has 18 heavy (non-hydrogen) atoms. The highest BCUT2D eigenvalue weighted by molar-refractivity contribution is 6.69. The van der Waals surface area contributed by atoms with Gasteiger partial charge >= 0.3 is 0 Å². The molecular formula is C14H20N2OSi. The molecule has 1 aliphatic carbocycles. The first kappa shape index (κ1) is 13.1. The maximum absolute atomic E-state index is 9.64. The van der Waals surface area contributed by atoms with E-state index in [4.69, 9.17) is 10.2 Å². The van der Waals surface area contributed by atoms with Crippen LogP contribution in [-0.4, -0.2) is 8.32 Å². The zero-order valence-electron chi connectivity index (χ0n) is 11.3. The molecule has 0 fully saturated rings. The molecular weight excluding hydrogens is 240 g/mol. The molecule has 96 valence electrons. The Kier molecular flexibility index (Phi) is 3.22. The van der Waals surface area contributed by atoms with Gasteiger partial charge in [0.25, 0.3) is 0 Å². The van der Waals surface area contributed by atoms with Crippen LogP contribution < -0.4 is 5.73 Å². The Hall–Kier alpha value is -1.31. The number of hydrogen-bond donors (Lipinski definition) is 1. The number of fused-ring (bicyclic) bond motifs is 1. The summed E-state index contributed by atoms with van der Waals surface area (Å²) in [6.45, 7) is 6.37. The standard InChI is InChI=1S/C14H20N2OSi/c1-18(2,3)17-14(10-15)8-4-5-11-9-12(16)6-7-13(11)14/h6-7,9H,4-5,8,16H2,1-3H3. The monoisotopic (exact) mass is 260 g/mol. The van der Waals surface area contributed by atoms with Gasteiger partial charge in [-0.25, -0.2) is 0 Å². The molecule has 0 heterocycles. The van der Waals surface area contributed by atoms with E-state index in [1.165, 1.54) is 5.56 Å². The molecule has 1 unspecified atom stereocenters. The number of benzene rings is 1. The predicted molar refractivity (Wildman–Crippen MR) is 75.5 cm³/mol. The van der Waals surface area contributed by atoms with Crippen LogP contribution in [0, 0.1) is 11.3 Å². The first-order chi connectivity index (χ1) is 8.36. The van der Waals surface area contributed by atoms with Crippen molar-refractivity contribution < 1.29 is 4.43 Å². The van der Waals surface area contributed by atoms with Crippen LogP contribution in [0.4, 0.5) is 5.69 Å². The van der Waals surface area contributed by atoms with Crippen molar-refractivity contribution in [3.63, 3.8) is 0 Å². The summed E-state index contributed by atoms with van der Waals surface area (Å²) in [4.78, 5) is 0. The van der Waals surface area contributed by atoms with E-state index in [-0.39, 0.29) is 0 Å². The SMILES string of the molecule is C[Si](C)(C)OC1(C#N)CCCc2cc(N)ccc21. The Balaban J connectivity index is 2.50. The number of aryl methyl sites for hydroxylation is 1. The van der Waals surface area contributed by atoms with Crippen LogP contribution in [0.25, 0.3) is 0 Å².